The van der Waals surface area contributed by atoms with Gasteiger partial charge < -0.3 is 5.32 Å². The maximum absolute atomic E-state index is 13.1. The molecule has 1 heterocycles. The molecule has 0 radical (unpaired) electrons. The normalized spacial score (nSPS) is 21.2. The van der Waals surface area contributed by atoms with E-state index in [4.69, 9.17) is 0 Å². The smallest absolute Gasteiger partial charge is 0.221 e. The number of hydrogen-bond acceptors (Lipinski definition) is 3. The van der Waals surface area contributed by atoms with E-state index in [1.54, 1.807) is 6.92 Å². The minimum absolute atomic E-state index is 0.0454. The third kappa shape index (κ3) is 4.10. The fourth-order valence-electron chi connectivity index (χ4n) is 2.17. The van der Waals surface area contributed by atoms with Crippen molar-refractivity contribution in [2.24, 2.45) is 5.92 Å². The van der Waals surface area contributed by atoms with Crippen LogP contribution in [0, 0.1) is 17.6 Å². The van der Waals surface area contributed by atoms with Crippen LogP contribution in [0.4, 0.5) is 8.78 Å². The summed E-state index contributed by atoms with van der Waals surface area (Å²) in [6.07, 6.45) is 1.54. The predicted molar refractivity (Wildman–Crippen MR) is 73.9 cm³/mol. The first-order chi connectivity index (χ1) is 9.77. The zero-order chi connectivity index (χ0) is 15.6. The summed E-state index contributed by atoms with van der Waals surface area (Å²) < 4.78 is 48.4. The molecule has 0 saturated heterocycles. The average molecular weight is 315 g/mol. The molecule has 0 spiro atoms. The maximum atomic E-state index is 13.1. The summed E-state index contributed by atoms with van der Waals surface area (Å²) in [6.45, 7) is 1.64. The monoisotopic (exact) mass is 315 g/mol. The van der Waals surface area contributed by atoms with Crippen molar-refractivity contribution in [3.63, 3.8) is 0 Å². The number of allylic oxidation sites excluding steroid dienone is 1. The second kappa shape index (κ2) is 5.93. The van der Waals surface area contributed by atoms with Gasteiger partial charge in [0, 0.05) is 17.7 Å². The van der Waals surface area contributed by atoms with Crippen LogP contribution in [0.2, 0.25) is 0 Å². The molecular weight excluding hydrogens is 300 g/mol. The van der Waals surface area contributed by atoms with Gasteiger partial charge in [0.05, 0.1) is 11.8 Å². The molecule has 114 valence electrons. The Hall–Kier alpha value is -1.76. The number of sulfone groups is 1. The molecule has 0 aliphatic carbocycles. The summed E-state index contributed by atoms with van der Waals surface area (Å²) in [7, 11) is -3.18. The summed E-state index contributed by atoms with van der Waals surface area (Å²) >= 11 is 0. The minimum Gasteiger partial charge on any atom is -0.350 e. The van der Waals surface area contributed by atoms with E-state index in [9.17, 15) is 22.0 Å². The van der Waals surface area contributed by atoms with Crippen LogP contribution in [0.1, 0.15) is 24.9 Å². The van der Waals surface area contributed by atoms with E-state index in [2.05, 4.69) is 5.32 Å². The summed E-state index contributed by atoms with van der Waals surface area (Å²) in [5, 5.41) is 3.76. The fraction of sp³-hybridized carbons (Fsp3) is 0.357. The Bertz CT molecular complexity index is 685. The second-order valence-corrected chi connectivity index (χ2v) is 7.02. The Morgan fingerprint density at radius 3 is 2.67 bits per heavy atom. The average Bonchev–Trinajstić information content (AvgIpc) is 2.71. The van der Waals surface area contributed by atoms with Crippen molar-refractivity contribution in [3.05, 3.63) is 46.9 Å². The van der Waals surface area contributed by atoms with Crippen LogP contribution in [0.3, 0.4) is 0 Å². The van der Waals surface area contributed by atoms with Gasteiger partial charge in [0.1, 0.15) is 0 Å². The highest BCUT2D eigenvalue weighted by atomic mass is 32.2. The van der Waals surface area contributed by atoms with Gasteiger partial charge in [0.2, 0.25) is 5.91 Å². The molecule has 2 atom stereocenters. The van der Waals surface area contributed by atoms with Gasteiger partial charge in [-0.05, 0) is 24.6 Å². The number of nitrogens with one attached hydrogen (secondary N) is 1. The van der Waals surface area contributed by atoms with Gasteiger partial charge in [-0.2, -0.15) is 0 Å². The lowest BCUT2D eigenvalue weighted by atomic mass is 10.1. The first-order valence-electron chi connectivity index (χ1n) is 6.42. The van der Waals surface area contributed by atoms with Gasteiger partial charge in [-0.15, -0.1) is 0 Å². The van der Waals surface area contributed by atoms with E-state index in [0.717, 1.165) is 17.5 Å². The highest BCUT2D eigenvalue weighted by Gasteiger charge is 2.24. The Labute approximate surface area is 121 Å². The lowest BCUT2D eigenvalue weighted by Gasteiger charge is -2.15. The SMILES string of the molecule is CC(NC(=O)CC1C=CS(=O)(=O)C1)c1ccc(F)c(F)c1. The van der Waals surface area contributed by atoms with Crippen molar-refractivity contribution in [1.82, 2.24) is 5.32 Å². The van der Waals surface area contributed by atoms with Gasteiger partial charge in [0.15, 0.2) is 21.5 Å². The van der Waals surface area contributed by atoms with Crippen molar-refractivity contribution in [2.75, 3.05) is 5.75 Å². The van der Waals surface area contributed by atoms with Crippen LogP contribution in [0.5, 0.6) is 0 Å². The molecule has 7 heteroatoms. The molecule has 2 rings (SSSR count). The summed E-state index contributed by atoms with van der Waals surface area (Å²) in [4.78, 5) is 11.8. The third-order valence-corrected chi connectivity index (χ3v) is 4.74. The van der Waals surface area contributed by atoms with Gasteiger partial charge >= 0.3 is 0 Å². The molecule has 21 heavy (non-hydrogen) atoms. The van der Waals surface area contributed by atoms with Crippen LogP contribution < -0.4 is 5.32 Å². The molecular formula is C14H15F2NO3S. The second-order valence-electron chi connectivity index (χ2n) is 5.09. The third-order valence-electron chi connectivity index (χ3n) is 3.27. The standard InChI is InChI=1S/C14H15F2NO3S/c1-9(11-2-3-12(15)13(16)7-11)17-14(18)6-10-4-5-21(19,20)8-10/h2-5,7,9-10H,6,8H2,1H3,(H,17,18). The van der Waals surface area contributed by atoms with Crippen LogP contribution >= 0.6 is 0 Å². The summed E-state index contributed by atoms with van der Waals surface area (Å²) in [5.74, 6) is -2.66. The molecule has 1 aromatic rings. The van der Waals surface area contributed by atoms with Crippen molar-refractivity contribution >= 4 is 15.7 Å². The minimum atomic E-state index is -3.18. The number of halogens is 2. The quantitative estimate of drug-likeness (QED) is 0.925. The highest BCUT2D eigenvalue weighted by molar-refractivity contribution is 7.94. The van der Waals surface area contributed by atoms with Gasteiger partial charge in [-0.1, -0.05) is 12.1 Å². The Balaban J connectivity index is 1.93. The van der Waals surface area contributed by atoms with Crippen molar-refractivity contribution in [1.29, 1.82) is 0 Å². The van der Waals surface area contributed by atoms with Gasteiger partial charge in [0.25, 0.3) is 0 Å². The molecule has 1 amide bonds. The van der Waals surface area contributed by atoms with Gasteiger partial charge in [-0.25, -0.2) is 17.2 Å². The molecule has 0 fully saturated rings. The highest BCUT2D eigenvalue weighted by Crippen LogP contribution is 2.20. The number of hydrogen-bond donors (Lipinski definition) is 1. The predicted octanol–water partition coefficient (Wildman–Crippen LogP) is 2.09. The van der Waals surface area contributed by atoms with Crippen LogP contribution in [0.25, 0.3) is 0 Å². The molecule has 1 aliphatic rings. The zero-order valence-corrected chi connectivity index (χ0v) is 12.2. The first kappa shape index (κ1) is 15.6. The number of rotatable bonds is 4. The fourth-order valence-corrected chi connectivity index (χ4v) is 3.57. The molecule has 1 aliphatic heterocycles. The molecule has 1 aromatic carbocycles. The van der Waals surface area contributed by atoms with E-state index in [-0.39, 0.29) is 24.0 Å². The van der Waals surface area contributed by atoms with Crippen LogP contribution in [0.15, 0.2) is 29.7 Å². The Morgan fingerprint density at radius 2 is 2.10 bits per heavy atom. The van der Waals surface area contributed by atoms with E-state index >= 15 is 0 Å². The van der Waals surface area contributed by atoms with Crippen LogP contribution in [-0.2, 0) is 14.6 Å². The topological polar surface area (TPSA) is 63.2 Å². The van der Waals surface area contributed by atoms with Crippen LogP contribution in [-0.4, -0.2) is 20.1 Å². The van der Waals surface area contributed by atoms with Gasteiger partial charge in [-0.3, -0.25) is 4.79 Å². The van der Waals surface area contributed by atoms with Crippen molar-refractivity contribution < 1.29 is 22.0 Å². The molecule has 0 bridgehead atoms. The lowest BCUT2D eigenvalue weighted by Crippen LogP contribution is -2.28. The molecule has 2 unspecified atom stereocenters. The molecule has 0 aromatic heterocycles. The Morgan fingerprint density at radius 1 is 1.38 bits per heavy atom. The Kier molecular flexibility index (Phi) is 4.41. The van der Waals surface area contributed by atoms with E-state index < -0.39 is 27.5 Å². The maximum Gasteiger partial charge on any atom is 0.221 e. The number of amides is 1. The van der Waals surface area contributed by atoms with E-state index in [1.165, 1.54) is 12.1 Å². The van der Waals surface area contributed by atoms with Crippen molar-refractivity contribution in [3.8, 4) is 0 Å². The summed E-state index contributed by atoms with van der Waals surface area (Å²) in [6, 6.07) is 2.93. The summed E-state index contributed by atoms with van der Waals surface area (Å²) in [5.41, 5.74) is 0.442. The number of carbonyl (C=O) groups excluding carboxylic acids is 1. The van der Waals surface area contributed by atoms with E-state index in [0.29, 0.717) is 5.56 Å². The van der Waals surface area contributed by atoms with E-state index in [1.807, 2.05) is 0 Å². The number of carbonyl (C=O) groups is 1. The largest absolute Gasteiger partial charge is 0.350 e. The zero-order valence-electron chi connectivity index (χ0n) is 11.3. The molecule has 4 nitrogen and oxygen atoms in total. The molecule has 1 N–H and O–H groups in total. The van der Waals surface area contributed by atoms with Crippen molar-refractivity contribution in [2.45, 2.75) is 19.4 Å². The first-order valence-corrected chi connectivity index (χ1v) is 8.13. The number of benzene rings is 1. The molecule has 0 saturated carbocycles. The lowest BCUT2D eigenvalue weighted by molar-refractivity contribution is -0.122.